The fourth-order valence-corrected chi connectivity index (χ4v) is 2.78. The Labute approximate surface area is 169 Å². The van der Waals surface area contributed by atoms with Gasteiger partial charge in [0.25, 0.3) is 5.91 Å². The lowest BCUT2D eigenvalue weighted by Gasteiger charge is -2.11. The number of rotatable bonds is 8. The Morgan fingerprint density at radius 2 is 1.82 bits per heavy atom. The summed E-state index contributed by atoms with van der Waals surface area (Å²) >= 11 is 0. The highest BCUT2D eigenvalue weighted by atomic mass is 35.5. The molecule has 0 aliphatic heterocycles. The molecule has 0 unspecified atom stereocenters. The molecule has 0 saturated carbocycles. The molecule has 2 aromatic carbocycles. The number of nitrogens with one attached hydrogen (secondary N) is 4. The van der Waals surface area contributed by atoms with E-state index in [1.54, 1.807) is 0 Å². The first kappa shape index (κ1) is 21.4. The first-order valence-corrected chi connectivity index (χ1v) is 8.99. The van der Waals surface area contributed by atoms with Crippen LogP contribution in [0.4, 0.5) is 5.69 Å². The average molecular weight is 402 g/mol. The SMILES string of the molecule is CCNCc1ccccc1NC(=O)CCNC(=O)c1n[nH]c2ccccc12.Cl. The molecular weight excluding hydrogens is 378 g/mol. The molecular formula is C20H24ClN5O2. The van der Waals surface area contributed by atoms with Gasteiger partial charge in [-0.2, -0.15) is 5.10 Å². The highest BCUT2D eigenvalue weighted by Gasteiger charge is 2.14. The number of hydrogen-bond donors (Lipinski definition) is 4. The van der Waals surface area contributed by atoms with E-state index in [2.05, 4.69) is 26.1 Å². The number of aromatic nitrogens is 2. The second-order valence-corrected chi connectivity index (χ2v) is 6.11. The third kappa shape index (κ3) is 5.31. The molecule has 0 fully saturated rings. The third-order valence-electron chi connectivity index (χ3n) is 4.18. The molecule has 0 bridgehead atoms. The molecule has 4 N–H and O–H groups in total. The van der Waals surface area contributed by atoms with Crippen LogP contribution in [0.15, 0.2) is 48.5 Å². The maximum absolute atomic E-state index is 12.3. The number of halogens is 1. The van der Waals surface area contributed by atoms with E-state index >= 15 is 0 Å². The quantitative estimate of drug-likeness (QED) is 0.466. The van der Waals surface area contributed by atoms with Gasteiger partial charge in [0.1, 0.15) is 0 Å². The summed E-state index contributed by atoms with van der Waals surface area (Å²) in [6.45, 7) is 3.82. The lowest BCUT2D eigenvalue weighted by molar-refractivity contribution is -0.116. The Bertz CT molecular complexity index is 941. The van der Waals surface area contributed by atoms with E-state index in [1.807, 2.05) is 55.5 Å². The summed E-state index contributed by atoms with van der Waals surface area (Å²) in [4.78, 5) is 24.5. The summed E-state index contributed by atoms with van der Waals surface area (Å²) in [7, 11) is 0. The van der Waals surface area contributed by atoms with Gasteiger partial charge in [-0.25, -0.2) is 0 Å². The van der Waals surface area contributed by atoms with Gasteiger partial charge < -0.3 is 16.0 Å². The molecule has 28 heavy (non-hydrogen) atoms. The normalized spacial score (nSPS) is 10.3. The minimum Gasteiger partial charge on any atom is -0.350 e. The lowest BCUT2D eigenvalue weighted by Crippen LogP contribution is -2.28. The summed E-state index contributed by atoms with van der Waals surface area (Å²) in [5.74, 6) is -0.445. The fourth-order valence-electron chi connectivity index (χ4n) is 2.78. The summed E-state index contributed by atoms with van der Waals surface area (Å²) < 4.78 is 0. The number of para-hydroxylation sites is 2. The minimum absolute atomic E-state index is 0. The minimum atomic E-state index is -0.298. The maximum Gasteiger partial charge on any atom is 0.272 e. The van der Waals surface area contributed by atoms with E-state index in [0.717, 1.165) is 28.7 Å². The van der Waals surface area contributed by atoms with Gasteiger partial charge >= 0.3 is 0 Å². The molecule has 0 aliphatic carbocycles. The number of carbonyl (C=O) groups excluding carboxylic acids is 2. The predicted molar refractivity (Wildman–Crippen MR) is 113 cm³/mol. The molecule has 0 radical (unpaired) electrons. The molecule has 0 atom stereocenters. The second-order valence-electron chi connectivity index (χ2n) is 6.11. The standard InChI is InChI=1S/C20H23N5O2.ClH/c1-2-21-13-14-7-3-5-9-16(14)23-18(26)11-12-22-20(27)19-15-8-4-6-10-17(15)24-25-19;/h3-10,21H,2,11-13H2,1H3,(H,22,27)(H,23,26)(H,24,25);1H. The van der Waals surface area contributed by atoms with Crippen molar-refractivity contribution in [2.45, 2.75) is 19.9 Å². The van der Waals surface area contributed by atoms with Crippen molar-refractivity contribution < 1.29 is 9.59 Å². The van der Waals surface area contributed by atoms with Crippen LogP contribution in [-0.4, -0.2) is 35.1 Å². The molecule has 1 aromatic heterocycles. The smallest absolute Gasteiger partial charge is 0.272 e. The van der Waals surface area contributed by atoms with Crippen molar-refractivity contribution in [2.24, 2.45) is 0 Å². The largest absolute Gasteiger partial charge is 0.350 e. The van der Waals surface area contributed by atoms with Crippen LogP contribution < -0.4 is 16.0 Å². The first-order chi connectivity index (χ1) is 13.2. The van der Waals surface area contributed by atoms with Gasteiger partial charge in [0.15, 0.2) is 5.69 Å². The number of aromatic amines is 1. The number of hydrogen-bond acceptors (Lipinski definition) is 4. The highest BCUT2D eigenvalue weighted by molar-refractivity contribution is 6.04. The highest BCUT2D eigenvalue weighted by Crippen LogP contribution is 2.16. The zero-order valence-electron chi connectivity index (χ0n) is 15.6. The Hall–Kier alpha value is -2.90. The van der Waals surface area contributed by atoms with Crippen molar-refractivity contribution in [2.75, 3.05) is 18.4 Å². The van der Waals surface area contributed by atoms with Crippen LogP contribution in [0.2, 0.25) is 0 Å². The van der Waals surface area contributed by atoms with Crippen LogP contribution >= 0.6 is 12.4 Å². The molecule has 0 saturated heterocycles. The van der Waals surface area contributed by atoms with Crippen molar-refractivity contribution in [3.05, 3.63) is 59.8 Å². The van der Waals surface area contributed by atoms with Crippen molar-refractivity contribution >= 4 is 40.8 Å². The van der Waals surface area contributed by atoms with Crippen molar-refractivity contribution in [3.8, 4) is 0 Å². The van der Waals surface area contributed by atoms with Crippen LogP contribution in [0, 0.1) is 0 Å². The van der Waals surface area contributed by atoms with Gasteiger partial charge in [0, 0.05) is 30.6 Å². The molecule has 1 heterocycles. The van der Waals surface area contributed by atoms with Crippen LogP contribution in [0.5, 0.6) is 0 Å². The molecule has 0 aliphatic rings. The number of carbonyl (C=O) groups is 2. The van der Waals surface area contributed by atoms with Crippen LogP contribution in [0.25, 0.3) is 10.9 Å². The van der Waals surface area contributed by atoms with E-state index in [4.69, 9.17) is 0 Å². The van der Waals surface area contributed by atoms with Gasteiger partial charge in [0.2, 0.25) is 5.91 Å². The molecule has 0 spiro atoms. The first-order valence-electron chi connectivity index (χ1n) is 8.99. The number of nitrogens with zero attached hydrogens (tertiary/aromatic N) is 1. The molecule has 7 nitrogen and oxygen atoms in total. The average Bonchev–Trinajstić information content (AvgIpc) is 3.11. The monoisotopic (exact) mass is 401 g/mol. The van der Waals surface area contributed by atoms with Gasteiger partial charge in [-0.15, -0.1) is 12.4 Å². The Balaban J connectivity index is 0.00000280. The Morgan fingerprint density at radius 3 is 2.64 bits per heavy atom. The Morgan fingerprint density at radius 1 is 1.07 bits per heavy atom. The zero-order valence-corrected chi connectivity index (χ0v) is 16.4. The van der Waals surface area contributed by atoms with E-state index in [1.165, 1.54) is 0 Å². The molecule has 2 amide bonds. The molecule has 8 heteroatoms. The van der Waals surface area contributed by atoms with E-state index < -0.39 is 0 Å². The van der Waals surface area contributed by atoms with Gasteiger partial charge in [-0.1, -0.05) is 43.3 Å². The van der Waals surface area contributed by atoms with Crippen molar-refractivity contribution in [3.63, 3.8) is 0 Å². The molecule has 3 rings (SSSR count). The van der Waals surface area contributed by atoms with Gasteiger partial charge in [-0.3, -0.25) is 14.7 Å². The molecule has 148 valence electrons. The zero-order chi connectivity index (χ0) is 19.1. The van der Waals surface area contributed by atoms with E-state index in [-0.39, 0.29) is 37.2 Å². The number of benzene rings is 2. The van der Waals surface area contributed by atoms with E-state index in [9.17, 15) is 9.59 Å². The number of H-pyrrole nitrogens is 1. The summed E-state index contributed by atoms with van der Waals surface area (Å²) in [5, 5.41) is 16.5. The Kier molecular flexibility index (Phi) is 7.98. The predicted octanol–water partition coefficient (Wildman–Crippen LogP) is 2.85. The second kappa shape index (κ2) is 10.4. The molecule has 3 aromatic rings. The number of amides is 2. The van der Waals surface area contributed by atoms with Crippen LogP contribution in [-0.2, 0) is 11.3 Å². The summed E-state index contributed by atoms with van der Waals surface area (Å²) in [5.41, 5.74) is 2.95. The topological polar surface area (TPSA) is 98.9 Å². The van der Waals surface area contributed by atoms with Gasteiger partial charge in [-0.05, 0) is 24.2 Å². The fraction of sp³-hybridized carbons (Fsp3) is 0.250. The summed E-state index contributed by atoms with van der Waals surface area (Å²) in [6.07, 6.45) is 0.184. The number of fused-ring (bicyclic) bond motifs is 1. The van der Waals surface area contributed by atoms with Crippen LogP contribution in [0.3, 0.4) is 0 Å². The number of anilines is 1. The lowest BCUT2D eigenvalue weighted by atomic mass is 10.1. The van der Waals surface area contributed by atoms with Crippen LogP contribution in [0.1, 0.15) is 29.4 Å². The van der Waals surface area contributed by atoms with E-state index in [0.29, 0.717) is 12.2 Å². The van der Waals surface area contributed by atoms with Crippen molar-refractivity contribution in [1.29, 1.82) is 0 Å². The maximum atomic E-state index is 12.3. The van der Waals surface area contributed by atoms with Crippen molar-refractivity contribution in [1.82, 2.24) is 20.8 Å². The summed E-state index contributed by atoms with van der Waals surface area (Å²) in [6, 6.07) is 15.1. The third-order valence-corrected chi connectivity index (χ3v) is 4.18. The van der Waals surface area contributed by atoms with Gasteiger partial charge in [0.05, 0.1) is 5.52 Å².